The number of aromatic nitrogens is 1. The lowest BCUT2D eigenvalue weighted by Crippen LogP contribution is -2.39. The average molecular weight is 404 g/mol. The van der Waals surface area contributed by atoms with Crippen LogP contribution in [0.15, 0.2) is 41.3 Å². The molecule has 0 bridgehead atoms. The molecule has 0 saturated carbocycles. The van der Waals surface area contributed by atoms with E-state index in [4.69, 9.17) is 9.47 Å². The molecule has 1 aliphatic heterocycles. The molecule has 1 N–H and O–H groups in total. The van der Waals surface area contributed by atoms with Gasteiger partial charge in [-0.1, -0.05) is 18.2 Å². The number of hydrogen-bond acceptors (Lipinski definition) is 4. The molecule has 2 heterocycles. The molecule has 148 valence electrons. The second-order valence-corrected chi connectivity index (χ2v) is 8.60. The van der Waals surface area contributed by atoms with Gasteiger partial charge in [-0.25, -0.2) is 12.8 Å². The number of para-hydroxylation sites is 1. The van der Waals surface area contributed by atoms with Gasteiger partial charge in [0.05, 0.1) is 20.3 Å². The van der Waals surface area contributed by atoms with Crippen molar-refractivity contribution in [3.05, 3.63) is 53.5 Å². The number of methoxy groups -OCH3 is 2. The van der Waals surface area contributed by atoms with E-state index in [1.165, 1.54) is 24.6 Å². The number of ether oxygens (including phenoxy) is 2. The number of aromatic amines is 1. The first kappa shape index (κ1) is 18.8. The quantitative estimate of drug-likeness (QED) is 0.721. The van der Waals surface area contributed by atoms with Crippen molar-refractivity contribution < 1.29 is 22.3 Å². The highest BCUT2D eigenvalue weighted by atomic mass is 32.2. The van der Waals surface area contributed by atoms with E-state index < -0.39 is 26.8 Å². The predicted molar refractivity (Wildman–Crippen MR) is 104 cm³/mol. The maximum Gasteiger partial charge on any atom is 0.246 e. The fourth-order valence-electron chi connectivity index (χ4n) is 3.89. The molecule has 1 atom stereocenters. The topological polar surface area (TPSA) is 71.6 Å². The van der Waals surface area contributed by atoms with Gasteiger partial charge in [0.15, 0.2) is 11.5 Å². The van der Waals surface area contributed by atoms with Crippen molar-refractivity contribution in [3.8, 4) is 11.5 Å². The summed E-state index contributed by atoms with van der Waals surface area (Å²) in [5.41, 5.74) is 2.93. The largest absolute Gasteiger partial charge is 0.493 e. The summed E-state index contributed by atoms with van der Waals surface area (Å²) in [7, 11) is -1.32. The van der Waals surface area contributed by atoms with Gasteiger partial charge in [-0.3, -0.25) is 0 Å². The van der Waals surface area contributed by atoms with Crippen LogP contribution >= 0.6 is 0 Å². The Bertz CT molecular complexity index is 1160. The van der Waals surface area contributed by atoms with Crippen molar-refractivity contribution in [2.75, 3.05) is 20.8 Å². The number of nitrogens with zero attached hydrogens (tertiary/aromatic N) is 1. The molecule has 8 heteroatoms. The second-order valence-electron chi connectivity index (χ2n) is 6.74. The van der Waals surface area contributed by atoms with Crippen molar-refractivity contribution in [2.45, 2.75) is 24.3 Å². The van der Waals surface area contributed by atoms with Crippen LogP contribution in [0.5, 0.6) is 11.5 Å². The van der Waals surface area contributed by atoms with E-state index in [9.17, 15) is 12.8 Å². The highest BCUT2D eigenvalue weighted by Gasteiger charge is 2.37. The summed E-state index contributed by atoms with van der Waals surface area (Å²) < 4.78 is 52.8. The third kappa shape index (κ3) is 2.75. The van der Waals surface area contributed by atoms with Crippen LogP contribution in [0.25, 0.3) is 10.9 Å². The highest BCUT2D eigenvalue weighted by Crippen LogP contribution is 2.39. The van der Waals surface area contributed by atoms with Crippen molar-refractivity contribution in [3.63, 3.8) is 0 Å². The Balaban J connectivity index is 1.79. The van der Waals surface area contributed by atoms with E-state index in [-0.39, 0.29) is 18.0 Å². The Morgan fingerprint density at radius 1 is 1.14 bits per heavy atom. The van der Waals surface area contributed by atoms with Gasteiger partial charge in [0.1, 0.15) is 10.7 Å². The number of sulfonamides is 1. The predicted octanol–water partition coefficient (Wildman–Crippen LogP) is 3.63. The minimum atomic E-state index is -4.08. The number of fused-ring (bicyclic) bond motifs is 3. The van der Waals surface area contributed by atoms with E-state index in [0.29, 0.717) is 6.42 Å². The van der Waals surface area contributed by atoms with Crippen LogP contribution in [0.4, 0.5) is 4.39 Å². The fraction of sp³-hybridized carbons (Fsp3) is 0.300. The monoisotopic (exact) mass is 404 g/mol. The number of benzene rings is 2. The molecule has 1 unspecified atom stereocenters. The van der Waals surface area contributed by atoms with E-state index in [0.717, 1.165) is 28.2 Å². The Hall–Kier alpha value is -2.58. The summed E-state index contributed by atoms with van der Waals surface area (Å²) >= 11 is 0. The first-order valence-corrected chi connectivity index (χ1v) is 10.3. The van der Waals surface area contributed by atoms with Gasteiger partial charge in [0.25, 0.3) is 0 Å². The molecule has 3 aromatic rings. The van der Waals surface area contributed by atoms with Crippen molar-refractivity contribution in [1.82, 2.24) is 9.29 Å². The maximum absolute atomic E-state index is 14.6. The second kappa shape index (κ2) is 6.79. The first-order chi connectivity index (χ1) is 13.4. The van der Waals surface area contributed by atoms with Gasteiger partial charge >= 0.3 is 0 Å². The van der Waals surface area contributed by atoms with Gasteiger partial charge in [-0.2, -0.15) is 4.31 Å². The molecule has 0 amide bonds. The lowest BCUT2D eigenvalue weighted by Gasteiger charge is -2.32. The fourth-order valence-corrected chi connectivity index (χ4v) is 5.56. The van der Waals surface area contributed by atoms with Crippen molar-refractivity contribution >= 4 is 20.9 Å². The summed E-state index contributed by atoms with van der Waals surface area (Å²) in [6.45, 7) is 2.08. The molecular formula is C20H21FN2O4S. The van der Waals surface area contributed by atoms with Crippen LogP contribution in [0.2, 0.25) is 0 Å². The smallest absolute Gasteiger partial charge is 0.246 e. The number of hydrogen-bond donors (Lipinski definition) is 1. The van der Waals surface area contributed by atoms with E-state index in [2.05, 4.69) is 4.98 Å². The number of rotatable bonds is 4. The molecule has 1 aromatic heterocycles. The summed E-state index contributed by atoms with van der Waals surface area (Å²) in [6.07, 6.45) is 0.553. The molecule has 0 radical (unpaired) electrons. The molecule has 0 spiro atoms. The lowest BCUT2D eigenvalue weighted by atomic mass is 10.0. The minimum Gasteiger partial charge on any atom is -0.493 e. The zero-order chi connectivity index (χ0) is 20.1. The van der Waals surface area contributed by atoms with Crippen LogP contribution in [-0.2, 0) is 16.4 Å². The summed E-state index contributed by atoms with van der Waals surface area (Å²) in [6, 6.07) is 9.65. The number of nitrogens with one attached hydrogen (secondary N) is 1. The molecule has 4 rings (SSSR count). The number of H-pyrrole nitrogens is 1. The Labute approximate surface area is 162 Å². The van der Waals surface area contributed by atoms with Gasteiger partial charge in [0, 0.05) is 35.3 Å². The van der Waals surface area contributed by atoms with E-state index in [1.54, 1.807) is 0 Å². The van der Waals surface area contributed by atoms with Gasteiger partial charge in [-0.15, -0.1) is 0 Å². The summed E-state index contributed by atoms with van der Waals surface area (Å²) in [5, 5.41) is 1.10. The molecular weight excluding hydrogens is 383 g/mol. The molecule has 0 aliphatic carbocycles. The average Bonchev–Trinajstić information content (AvgIpc) is 3.07. The van der Waals surface area contributed by atoms with Crippen LogP contribution in [0.1, 0.15) is 24.2 Å². The van der Waals surface area contributed by atoms with Crippen molar-refractivity contribution in [2.24, 2.45) is 0 Å². The molecule has 28 heavy (non-hydrogen) atoms. The Morgan fingerprint density at radius 2 is 1.82 bits per heavy atom. The third-order valence-electron chi connectivity index (χ3n) is 5.30. The summed E-state index contributed by atoms with van der Waals surface area (Å²) in [4.78, 5) is 2.91. The minimum absolute atomic E-state index is 0.142. The van der Waals surface area contributed by atoms with Crippen LogP contribution in [-0.4, -0.2) is 38.5 Å². The molecule has 0 fully saturated rings. The van der Waals surface area contributed by atoms with E-state index in [1.807, 2.05) is 31.2 Å². The Kier molecular flexibility index (Phi) is 4.55. The maximum atomic E-state index is 14.6. The van der Waals surface area contributed by atoms with Crippen LogP contribution < -0.4 is 9.47 Å². The normalized spacial score (nSPS) is 17.5. The number of halogens is 1. The van der Waals surface area contributed by atoms with E-state index >= 15 is 0 Å². The molecule has 0 saturated heterocycles. The summed E-state index contributed by atoms with van der Waals surface area (Å²) in [5.74, 6) is -0.561. The zero-order valence-corrected chi connectivity index (χ0v) is 16.6. The lowest BCUT2D eigenvalue weighted by molar-refractivity contribution is 0.319. The zero-order valence-electron chi connectivity index (χ0n) is 15.8. The molecule has 1 aliphatic rings. The van der Waals surface area contributed by atoms with Crippen LogP contribution in [0.3, 0.4) is 0 Å². The Morgan fingerprint density at radius 3 is 2.54 bits per heavy atom. The van der Waals surface area contributed by atoms with Gasteiger partial charge in [0.2, 0.25) is 10.0 Å². The van der Waals surface area contributed by atoms with Crippen LogP contribution in [0, 0.1) is 5.82 Å². The first-order valence-electron chi connectivity index (χ1n) is 8.91. The van der Waals surface area contributed by atoms with Gasteiger partial charge < -0.3 is 14.5 Å². The highest BCUT2D eigenvalue weighted by molar-refractivity contribution is 7.89. The molecule has 6 nitrogen and oxygen atoms in total. The molecule has 2 aromatic carbocycles. The van der Waals surface area contributed by atoms with Gasteiger partial charge in [-0.05, 0) is 25.0 Å². The van der Waals surface area contributed by atoms with Crippen molar-refractivity contribution in [1.29, 1.82) is 0 Å². The SMILES string of the molecule is COc1cc(F)c(S(=O)(=O)N2CCc3c([nH]c4ccccc34)C2C)cc1OC. The third-order valence-corrected chi connectivity index (χ3v) is 7.29. The standard InChI is InChI=1S/C20H21FN2O4S/c1-12-20-14(13-6-4-5-7-16(13)22-20)8-9-23(12)28(24,25)19-11-18(27-3)17(26-2)10-15(19)21/h4-7,10-12,22H,8-9H2,1-3H3.